The van der Waals surface area contributed by atoms with Crippen molar-refractivity contribution in [2.24, 2.45) is 0 Å². The smallest absolute Gasteiger partial charge is 0.338 e. The van der Waals surface area contributed by atoms with Crippen molar-refractivity contribution in [3.63, 3.8) is 0 Å². The average molecular weight is 271 g/mol. The lowest BCUT2D eigenvalue weighted by Gasteiger charge is -2.10. The number of carboxylic acid groups (broad SMARTS) is 1. The van der Waals surface area contributed by atoms with Crippen LogP contribution < -0.4 is 5.32 Å². The van der Waals surface area contributed by atoms with Crippen molar-refractivity contribution in [1.82, 2.24) is 0 Å². The maximum atomic E-state index is 11.0. The predicted molar refractivity (Wildman–Crippen MR) is 68.4 cm³/mol. The summed E-state index contributed by atoms with van der Waals surface area (Å²) in [6.07, 6.45) is 2.28. The SMILES string of the molecule is C=CCCNc1c(Cl)cc([N+](=O)[O-])cc1C(=O)O. The van der Waals surface area contributed by atoms with Crippen LogP contribution in [0.15, 0.2) is 24.8 Å². The first-order chi connectivity index (χ1) is 8.47. The summed E-state index contributed by atoms with van der Waals surface area (Å²) in [5, 5.41) is 22.5. The number of rotatable bonds is 6. The highest BCUT2D eigenvalue weighted by Crippen LogP contribution is 2.31. The van der Waals surface area contributed by atoms with Crippen LogP contribution in [0.25, 0.3) is 0 Å². The summed E-state index contributed by atoms with van der Waals surface area (Å²) in [6.45, 7) is 3.98. The Bertz CT molecular complexity index is 502. The lowest BCUT2D eigenvalue weighted by molar-refractivity contribution is -0.384. The van der Waals surface area contributed by atoms with Gasteiger partial charge in [-0.15, -0.1) is 6.58 Å². The van der Waals surface area contributed by atoms with Gasteiger partial charge in [-0.3, -0.25) is 10.1 Å². The number of halogens is 1. The molecular formula is C11H11ClN2O4. The second-order valence-electron chi connectivity index (χ2n) is 3.42. The van der Waals surface area contributed by atoms with Crippen LogP contribution in [0, 0.1) is 10.1 Å². The fourth-order valence-electron chi connectivity index (χ4n) is 1.35. The van der Waals surface area contributed by atoms with E-state index in [0.29, 0.717) is 13.0 Å². The molecule has 0 atom stereocenters. The molecule has 0 spiro atoms. The van der Waals surface area contributed by atoms with Gasteiger partial charge in [-0.1, -0.05) is 17.7 Å². The molecule has 0 bridgehead atoms. The van der Waals surface area contributed by atoms with Crippen molar-refractivity contribution >= 4 is 28.9 Å². The number of anilines is 1. The van der Waals surface area contributed by atoms with Crippen LogP contribution in [0.2, 0.25) is 5.02 Å². The molecule has 0 saturated carbocycles. The fourth-order valence-corrected chi connectivity index (χ4v) is 1.63. The number of carbonyl (C=O) groups is 1. The summed E-state index contributed by atoms with van der Waals surface area (Å²) in [4.78, 5) is 21.0. The van der Waals surface area contributed by atoms with Crippen LogP contribution in [-0.4, -0.2) is 22.5 Å². The molecule has 0 aliphatic rings. The molecule has 6 nitrogen and oxygen atoms in total. The number of non-ortho nitro benzene ring substituents is 1. The number of nitro benzene ring substituents is 1. The largest absolute Gasteiger partial charge is 0.478 e. The van der Waals surface area contributed by atoms with Crippen LogP contribution in [0.3, 0.4) is 0 Å². The first-order valence-corrected chi connectivity index (χ1v) is 5.41. The molecule has 1 aromatic rings. The molecule has 1 rings (SSSR count). The number of nitro groups is 1. The molecule has 2 N–H and O–H groups in total. The standard InChI is InChI=1S/C11H11ClN2O4/c1-2-3-4-13-10-8(11(15)16)5-7(14(17)18)6-9(10)12/h2,5-6,13H,1,3-4H2,(H,15,16). The summed E-state index contributed by atoms with van der Waals surface area (Å²) in [5.74, 6) is -1.28. The van der Waals surface area contributed by atoms with Gasteiger partial charge in [0.25, 0.3) is 5.69 Å². The quantitative estimate of drug-likeness (QED) is 0.359. The van der Waals surface area contributed by atoms with Gasteiger partial charge in [0.2, 0.25) is 0 Å². The number of benzene rings is 1. The fraction of sp³-hybridized carbons (Fsp3) is 0.182. The lowest BCUT2D eigenvalue weighted by atomic mass is 10.1. The van der Waals surface area contributed by atoms with Gasteiger partial charge in [0.1, 0.15) is 0 Å². The van der Waals surface area contributed by atoms with E-state index in [1.54, 1.807) is 6.08 Å². The molecule has 0 aliphatic heterocycles. The van der Waals surface area contributed by atoms with Crippen LogP contribution in [-0.2, 0) is 0 Å². The number of nitrogens with zero attached hydrogens (tertiary/aromatic N) is 1. The van der Waals surface area contributed by atoms with Gasteiger partial charge < -0.3 is 10.4 Å². The molecule has 0 saturated heterocycles. The molecule has 0 amide bonds. The molecule has 0 radical (unpaired) electrons. The Morgan fingerprint density at radius 1 is 1.61 bits per heavy atom. The monoisotopic (exact) mass is 270 g/mol. The van der Waals surface area contributed by atoms with Gasteiger partial charge in [0.05, 0.1) is 21.2 Å². The van der Waals surface area contributed by atoms with E-state index in [2.05, 4.69) is 11.9 Å². The van der Waals surface area contributed by atoms with Gasteiger partial charge >= 0.3 is 5.97 Å². The first kappa shape index (κ1) is 14.0. The van der Waals surface area contributed by atoms with Gasteiger partial charge in [0, 0.05) is 18.7 Å². The highest BCUT2D eigenvalue weighted by Gasteiger charge is 2.19. The molecule has 0 fully saturated rings. The Kier molecular flexibility index (Phi) is 4.67. The van der Waals surface area contributed by atoms with Gasteiger partial charge in [-0.05, 0) is 6.42 Å². The van der Waals surface area contributed by atoms with Crippen LogP contribution in [0.4, 0.5) is 11.4 Å². The zero-order valence-electron chi connectivity index (χ0n) is 9.35. The summed E-state index contributed by atoms with van der Waals surface area (Å²) in [7, 11) is 0. The van der Waals surface area contributed by atoms with Gasteiger partial charge in [-0.25, -0.2) is 4.79 Å². The summed E-state index contributed by atoms with van der Waals surface area (Å²) >= 11 is 5.85. The highest BCUT2D eigenvalue weighted by atomic mass is 35.5. The zero-order valence-corrected chi connectivity index (χ0v) is 10.1. The van der Waals surface area contributed by atoms with Crippen molar-refractivity contribution < 1.29 is 14.8 Å². The van der Waals surface area contributed by atoms with E-state index in [1.807, 2.05) is 0 Å². The Hall–Kier alpha value is -2.08. The second-order valence-corrected chi connectivity index (χ2v) is 3.82. The predicted octanol–water partition coefficient (Wildman–Crippen LogP) is 2.93. The average Bonchev–Trinajstić information content (AvgIpc) is 2.30. The Morgan fingerprint density at radius 3 is 2.78 bits per heavy atom. The molecule has 96 valence electrons. The van der Waals surface area contributed by atoms with E-state index < -0.39 is 10.9 Å². The Balaban J connectivity index is 3.18. The number of nitrogens with one attached hydrogen (secondary N) is 1. The molecule has 18 heavy (non-hydrogen) atoms. The van der Waals surface area contributed by atoms with Crippen molar-refractivity contribution in [1.29, 1.82) is 0 Å². The number of aromatic carboxylic acids is 1. The van der Waals surface area contributed by atoms with Crippen LogP contribution in [0.5, 0.6) is 0 Å². The summed E-state index contributed by atoms with van der Waals surface area (Å²) < 4.78 is 0. The minimum absolute atomic E-state index is 0.00524. The maximum absolute atomic E-state index is 11.0. The third kappa shape index (κ3) is 3.21. The highest BCUT2D eigenvalue weighted by molar-refractivity contribution is 6.34. The second kappa shape index (κ2) is 6.02. The molecule has 0 unspecified atom stereocenters. The first-order valence-electron chi connectivity index (χ1n) is 5.03. The number of hydrogen-bond acceptors (Lipinski definition) is 4. The number of carboxylic acids is 1. The van der Waals surface area contributed by atoms with Gasteiger partial charge in [0.15, 0.2) is 0 Å². The van der Waals surface area contributed by atoms with Crippen molar-refractivity contribution in [3.8, 4) is 0 Å². The maximum Gasteiger partial charge on any atom is 0.338 e. The molecule has 1 aromatic carbocycles. The lowest BCUT2D eigenvalue weighted by Crippen LogP contribution is -2.08. The van der Waals surface area contributed by atoms with E-state index in [9.17, 15) is 14.9 Å². The van der Waals surface area contributed by atoms with Crippen LogP contribution in [0.1, 0.15) is 16.8 Å². The summed E-state index contributed by atoms with van der Waals surface area (Å²) in [6, 6.07) is 2.09. The van der Waals surface area contributed by atoms with Crippen molar-refractivity contribution in [2.45, 2.75) is 6.42 Å². The van der Waals surface area contributed by atoms with E-state index in [0.717, 1.165) is 12.1 Å². The molecular weight excluding hydrogens is 260 g/mol. The minimum atomic E-state index is -1.28. The van der Waals surface area contributed by atoms with E-state index in [4.69, 9.17) is 16.7 Å². The molecule has 0 heterocycles. The Morgan fingerprint density at radius 2 is 2.28 bits per heavy atom. The van der Waals surface area contributed by atoms with Gasteiger partial charge in [-0.2, -0.15) is 0 Å². The van der Waals surface area contributed by atoms with E-state index in [-0.39, 0.29) is 22.0 Å². The van der Waals surface area contributed by atoms with Crippen molar-refractivity contribution in [3.05, 3.63) is 45.5 Å². The van der Waals surface area contributed by atoms with Crippen molar-refractivity contribution in [2.75, 3.05) is 11.9 Å². The topological polar surface area (TPSA) is 92.5 Å². The Labute approximate surface area is 108 Å². The number of hydrogen-bond donors (Lipinski definition) is 2. The zero-order chi connectivity index (χ0) is 13.7. The molecule has 0 aliphatic carbocycles. The minimum Gasteiger partial charge on any atom is -0.478 e. The molecule has 0 aromatic heterocycles. The third-order valence-corrected chi connectivity index (χ3v) is 2.46. The van der Waals surface area contributed by atoms with Crippen LogP contribution >= 0.6 is 11.6 Å². The summed E-state index contributed by atoms with van der Waals surface area (Å²) in [5.41, 5.74) is -0.401. The molecule has 7 heteroatoms. The third-order valence-electron chi connectivity index (χ3n) is 2.17. The normalized spacial score (nSPS) is 9.83. The van der Waals surface area contributed by atoms with E-state index in [1.165, 1.54) is 0 Å². The van der Waals surface area contributed by atoms with E-state index >= 15 is 0 Å².